The zero-order valence-electron chi connectivity index (χ0n) is 10.3. The van der Waals surface area contributed by atoms with Gasteiger partial charge in [-0.15, -0.1) is 0 Å². The summed E-state index contributed by atoms with van der Waals surface area (Å²) in [6.45, 7) is 2.64. The molecule has 1 aliphatic rings. The molecule has 0 aliphatic carbocycles. The van der Waals surface area contributed by atoms with Crippen LogP contribution in [0.4, 0.5) is 26.3 Å². The zero-order chi connectivity index (χ0) is 16.6. The van der Waals surface area contributed by atoms with Crippen LogP contribution in [0.1, 0.15) is 12.8 Å². The third kappa shape index (κ3) is 12.9. The van der Waals surface area contributed by atoms with Crippen molar-refractivity contribution in [2.24, 2.45) is 0 Å². The molecule has 20 heavy (non-hydrogen) atoms. The topological polar surface area (TPSA) is 77.8 Å². The third-order valence-corrected chi connectivity index (χ3v) is 1.81. The number of rotatable bonds is 0. The summed E-state index contributed by atoms with van der Waals surface area (Å²) in [4.78, 5) is 20.2. The first-order valence-corrected chi connectivity index (χ1v) is 5.07. The predicted octanol–water partition coefficient (Wildman–Crippen LogP) is 1.98. The summed E-state index contributed by atoms with van der Waals surface area (Å²) < 4.78 is 63.5. The summed E-state index contributed by atoms with van der Waals surface area (Å²) in [5, 5.41) is 14.2. The van der Waals surface area contributed by atoms with E-state index in [0.29, 0.717) is 0 Å². The Bertz CT molecular complexity index is 285. The fraction of sp³-hybridized carbons (Fsp3) is 0.778. The van der Waals surface area contributed by atoms with E-state index in [9.17, 15) is 26.3 Å². The van der Waals surface area contributed by atoms with E-state index in [2.05, 4.69) is 11.9 Å². The van der Waals surface area contributed by atoms with Gasteiger partial charge in [0.1, 0.15) is 0 Å². The van der Waals surface area contributed by atoms with Gasteiger partial charge in [0.15, 0.2) is 0 Å². The molecule has 0 amide bonds. The number of carboxylic acids is 2. The fourth-order valence-corrected chi connectivity index (χ4v) is 0.875. The van der Waals surface area contributed by atoms with E-state index in [1.165, 1.54) is 25.9 Å². The molecule has 1 aliphatic heterocycles. The second-order valence-electron chi connectivity index (χ2n) is 3.62. The van der Waals surface area contributed by atoms with Gasteiger partial charge in [-0.2, -0.15) is 26.3 Å². The fourth-order valence-electron chi connectivity index (χ4n) is 0.875. The third-order valence-electron chi connectivity index (χ3n) is 1.81. The monoisotopic (exact) mass is 313 g/mol. The Kier molecular flexibility index (Phi) is 8.95. The van der Waals surface area contributed by atoms with Crippen molar-refractivity contribution in [3.8, 4) is 0 Å². The second kappa shape index (κ2) is 8.61. The molecular weight excluding hydrogens is 300 g/mol. The molecule has 1 heterocycles. The van der Waals surface area contributed by atoms with Gasteiger partial charge >= 0.3 is 24.3 Å². The van der Waals surface area contributed by atoms with Gasteiger partial charge in [0.25, 0.3) is 0 Å². The lowest BCUT2D eigenvalue weighted by Gasteiger charge is -2.01. The highest BCUT2D eigenvalue weighted by atomic mass is 19.4. The van der Waals surface area contributed by atoms with Crippen LogP contribution in [-0.2, 0) is 9.59 Å². The van der Waals surface area contributed by atoms with E-state index in [1.807, 2.05) is 0 Å². The van der Waals surface area contributed by atoms with Crippen LogP contribution in [0.25, 0.3) is 0 Å². The minimum Gasteiger partial charge on any atom is -0.475 e. The van der Waals surface area contributed by atoms with E-state index < -0.39 is 24.3 Å². The van der Waals surface area contributed by atoms with Crippen molar-refractivity contribution in [2.75, 3.05) is 20.1 Å². The molecule has 0 spiro atoms. The number of likely N-dealkylation sites (tertiary alicyclic amines) is 1. The molecule has 1 saturated heterocycles. The molecule has 0 aromatic carbocycles. The Morgan fingerprint density at radius 3 is 1.10 bits per heavy atom. The second-order valence-corrected chi connectivity index (χ2v) is 3.62. The van der Waals surface area contributed by atoms with Crippen LogP contribution >= 0.6 is 0 Å². The molecule has 0 atom stereocenters. The average Bonchev–Trinajstić information content (AvgIpc) is 2.67. The molecule has 0 aromatic heterocycles. The number of aliphatic carboxylic acids is 2. The number of carboxylic acid groups (broad SMARTS) is 2. The lowest BCUT2D eigenvalue weighted by atomic mass is 10.4. The van der Waals surface area contributed by atoms with Crippen LogP contribution in [0.15, 0.2) is 0 Å². The Hall–Kier alpha value is -1.52. The maximum absolute atomic E-state index is 10.6. The summed E-state index contributed by atoms with van der Waals surface area (Å²) in [7, 11) is 2.17. The molecular formula is C9H13F6NO4. The number of alkyl halides is 6. The molecule has 0 unspecified atom stereocenters. The van der Waals surface area contributed by atoms with Crippen LogP contribution in [0, 0.1) is 0 Å². The van der Waals surface area contributed by atoms with Gasteiger partial charge in [0.2, 0.25) is 0 Å². The first-order valence-electron chi connectivity index (χ1n) is 5.07. The quantitative estimate of drug-likeness (QED) is 0.669. The molecule has 0 radical (unpaired) electrons. The highest BCUT2D eigenvalue weighted by Crippen LogP contribution is 2.13. The highest BCUT2D eigenvalue weighted by Gasteiger charge is 2.38. The minimum absolute atomic E-state index is 1.32. The van der Waals surface area contributed by atoms with Crippen LogP contribution in [0.5, 0.6) is 0 Å². The molecule has 5 nitrogen and oxygen atoms in total. The summed E-state index contributed by atoms with van der Waals surface area (Å²) in [6.07, 6.45) is -7.34. The Balaban J connectivity index is 0. The van der Waals surface area contributed by atoms with Gasteiger partial charge in [-0.3, -0.25) is 0 Å². The molecule has 0 aromatic rings. The standard InChI is InChI=1S/C5H11N.2C2HF3O2/c1-6-4-2-3-5-6;2*3-2(4,5)1(6)7/h2-5H2,1H3;2*(H,6,7). The van der Waals surface area contributed by atoms with Crippen molar-refractivity contribution >= 4 is 11.9 Å². The molecule has 0 bridgehead atoms. The van der Waals surface area contributed by atoms with Crippen molar-refractivity contribution in [3.63, 3.8) is 0 Å². The number of hydrogen-bond acceptors (Lipinski definition) is 3. The van der Waals surface area contributed by atoms with Crippen molar-refractivity contribution < 1.29 is 46.1 Å². The lowest BCUT2D eigenvalue weighted by Crippen LogP contribution is -2.21. The van der Waals surface area contributed by atoms with Crippen molar-refractivity contribution in [1.82, 2.24) is 4.90 Å². The van der Waals surface area contributed by atoms with Gasteiger partial charge in [-0.1, -0.05) is 0 Å². The Morgan fingerprint density at radius 2 is 1.05 bits per heavy atom. The number of halogens is 6. The number of carbonyl (C=O) groups is 2. The molecule has 120 valence electrons. The van der Waals surface area contributed by atoms with E-state index in [0.717, 1.165) is 0 Å². The van der Waals surface area contributed by atoms with Crippen LogP contribution in [0.2, 0.25) is 0 Å². The maximum atomic E-state index is 10.6. The maximum Gasteiger partial charge on any atom is 0.490 e. The molecule has 2 N–H and O–H groups in total. The minimum atomic E-state index is -5.08. The SMILES string of the molecule is CN1CCCC1.O=C(O)C(F)(F)F.O=C(O)C(F)(F)F. The molecule has 1 rings (SSSR count). The normalized spacial score (nSPS) is 15.6. The van der Waals surface area contributed by atoms with Gasteiger partial charge in [0.05, 0.1) is 0 Å². The Labute approximate surface area is 109 Å². The van der Waals surface area contributed by atoms with E-state index in [1.54, 1.807) is 0 Å². The van der Waals surface area contributed by atoms with Gasteiger partial charge < -0.3 is 15.1 Å². The van der Waals surface area contributed by atoms with Crippen molar-refractivity contribution in [3.05, 3.63) is 0 Å². The molecule has 1 fully saturated rings. The highest BCUT2D eigenvalue weighted by molar-refractivity contribution is 5.73. The summed E-state index contributed by atoms with van der Waals surface area (Å²) in [5.74, 6) is -5.51. The van der Waals surface area contributed by atoms with Gasteiger partial charge in [0, 0.05) is 0 Å². The van der Waals surface area contributed by atoms with Crippen LogP contribution in [0.3, 0.4) is 0 Å². The largest absolute Gasteiger partial charge is 0.490 e. The van der Waals surface area contributed by atoms with E-state index in [-0.39, 0.29) is 0 Å². The smallest absolute Gasteiger partial charge is 0.475 e. The van der Waals surface area contributed by atoms with Crippen molar-refractivity contribution in [1.29, 1.82) is 0 Å². The average molecular weight is 313 g/mol. The zero-order valence-corrected chi connectivity index (χ0v) is 10.3. The summed E-state index contributed by atoms with van der Waals surface area (Å²) in [6, 6.07) is 0. The van der Waals surface area contributed by atoms with Crippen molar-refractivity contribution in [2.45, 2.75) is 25.2 Å². The number of hydrogen-bond donors (Lipinski definition) is 2. The van der Waals surface area contributed by atoms with Gasteiger partial charge in [-0.05, 0) is 33.0 Å². The predicted molar refractivity (Wildman–Crippen MR) is 54.1 cm³/mol. The van der Waals surface area contributed by atoms with Crippen LogP contribution in [-0.4, -0.2) is 59.5 Å². The van der Waals surface area contributed by atoms with E-state index in [4.69, 9.17) is 19.8 Å². The Morgan fingerprint density at radius 1 is 0.850 bits per heavy atom. The number of nitrogens with zero attached hydrogens (tertiary/aromatic N) is 1. The first kappa shape index (κ1) is 20.8. The summed E-state index contributed by atoms with van der Waals surface area (Å²) >= 11 is 0. The first-order chi connectivity index (χ1) is 8.78. The molecule has 0 saturated carbocycles. The van der Waals surface area contributed by atoms with Crippen LogP contribution < -0.4 is 0 Å². The van der Waals surface area contributed by atoms with E-state index >= 15 is 0 Å². The lowest BCUT2D eigenvalue weighted by molar-refractivity contribution is -0.193. The summed E-state index contributed by atoms with van der Waals surface area (Å²) in [5.41, 5.74) is 0. The van der Waals surface area contributed by atoms with Gasteiger partial charge in [-0.25, -0.2) is 9.59 Å². The molecule has 11 heteroatoms.